The molecular weight excluding hydrogens is 899 g/mol. The molecule has 18 nitrogen and oxygen atoms in total. The third-order valence-electron chi connectivity index (χ3n) is 11.2. The first-order valence-corrected chi connectivity index (χ1v) is 24.5. The Hall–Kier alpha value is -7.06. The van der Waals surface area contributed by atoms with Gasteiger partial charge in [0, 0.05) is 48.8 Å². The largest absolute Gasteiger partial charge is 0.478 e. The van der Waals surface area contributed by atoms with Gasteiger partial charge in [0.1, 0.15) is 22.7 Å². The summed E-state index contributed by atoms with van der Waals surface area (Å²) in [5.74, 6) is 0.679. The second-order valence-electron chi connectivity index (χ2n) is 17.0. The molecule has 3 amide bonds. The van der Waals surface area contributed by atoms with E-state index in [-0.39, 0.29) is 27.7 Å². The zero-order chi connectivity index (χ0) is 49.1. The Balaban J connectivity index is 0.844. The third-order valence-corrected chi connectivity index (χ3v) is 12.2. The fourth-order valence-electron chi connectivity index (χ4n) is 7.31. The number of nitrogens with zero attached hydrogens (tertiary/aromatic N) is 7. The van der Waals surface area contributed by atoms with Crippen LogP contribution in [0, 0.1) is 0 Å². The molecule has 69 heavy (non-hydrogen) atoms. The van der Waals surface area contributed by atoms with Crippen molar-refractivity contribution in [3.05, 3.63) is 132 Å². The molecule has 0 aliphatic carbocycles. The summed E-state index contributed by atoms with van der Waals surface area (Å²) in [6, 6.07) is 32.8. The summed E-state index contributed by atoms with van der Waals surface area (Å²) >= 11 is 0. The highest BCUT2D eigenvalue weighted by Gasteiger charge is 2.26. The number of unbranched alkanes of at least 4 members (excludes halogenated alkanes) is 3. The van der Waals surface area contributed by atoms with Gasteiger partial charge in [-0.1, -0.05) is 92.7 Å². The number of rotatable bonds is 26. The zero-order valence-corrected chi connectivity index (χ0v) is 39.9. The fourth-order valence-corrected chi connectivity index (χ4v) is 8.01. The van der Waals surface area contributed by atoms with Crippen molar-refractivity contribution in [1.29, 1.82) is 0 Å². The lowest BCUT2D eigenvalue weighted by atomic mass is 9.86. The molecule has 3 aromatic heterocycles. The van der Waals surface area contributed by atoms with Crippen molar-refractivity contribution in [3.63, 3.8) is 0 Å². The van der Waals surface area contributed by atoms with E-state index in [1.54, 1.807) is 23.0 Å². The first-order valence-electron chi connectivity index (χ1n) is 23.0. The van der Waals surface area contributed by atoms with E-state index >= 15 is 0 Å². The van der Waals surface area contributed by atoms with Crippen LogP contribution < -0.4 is 26.1 Å². The summed E-state index contributed by atoms with van der Waals surface area (Å²) in [7, 11) is -2.44. The van der Waals surface area contributed by atoms with E-state index in [0.29, 0.717) is 81.3 Å². The number of nitrogens with one attached hydrogen (secondary N) is 4. The minimum Gasteiger partial charge on any atom is -0.478 e. The molecule has 1 atom stereocenters. The number of aryl methyl sites for hydroxylation is 1. The molecule has 0 fully saturated rings. The highest BCUT2D eigenvalue weighted by molar-refractivity contribution is 8.19. The van der Waals surface area contributed by atoms with Crippen LogP contribution in [0.1, 0.15) is 93.4 Å². The van der Waals surface area contributed by atoms with Gasteiger partial charge >= 0.3 is 0 Å². The summed E-state index contributed by atoms with van der Waals surface area (Å²) in [6.07, 6.45) is 8.50. The van der Waals surface area contributed by atoms with Crippen LogP contribution in [-0.4, -0.2) is 94.0 Å². The summed E-state index contributed by atoms with van der Waals surface area (Å²) < 4.78 is 35.1. The van der Waals surface area contributed by atoms with Crippen LogP contribution in [0.25, 0.3) is 22.4 Å². The third kappa shape index (κ3) is 16.0. The van der Waals surface area contributed by atoms with Crippen LogP contribution in [0.15, 0.2) is 125 Å². The molecule has 0 saturated carbocycles. The fraction of sp³-hybridized carbons (Fsp3) is 0.340. The van der Waals surface area contributed by atoms with Crippen molar-refractivity contribution in [3.8, 4) is 28.3 Å². The first-order chi connectivity index (χ1) is 33.3. The molecule has 3 heterocycles. The van der Waals surface area contributed by atoms with Gasteiger partial charge in [-0.25, -0.2) is 9.97 Å². The minimum absolute atomic E-state index is 0.0655. The molecule has 0 bridgehead atoms. The van der Waals surface area contributed by atoms with Crippen LogP contribution in [0.3, 0.4) is 0 Å². The summed E-state index contributed by atoms with van der Waals surface area (Å²) in [6.45, 7) is 5.75. The van der Waals surface area contributed by atoms with Crippen LogP contribution >= 0.6 is 10.9 Å². The molecule has 19 heteroatoms. The van der Waals surface area contributed by atoms with Crippen LogP contribution in [0.2, 0.25) is 0 Å². The number of hydrazone groups is 1. The molecule has 0 saturated heterocycles. The predicted molar refractivity (Wildman–Crippen MR) is 267 cm³/mol. The number of carbonyl (C=O) groups is 3. The molecular formula is C50H61N11O7S. The van der Waals surface area contributed by atoms with Gasteiger partial charge in [0.15, 0.2) is 5.82 Å². The van der Waals surface area contributed by atoms with Gasteiger partial charge in [-0.05, 0) is 92.0 Å². The van der Waals surface area contributed by atoms with Gasteiger partial charge in [0.2, 0.25) is 17.7 Å². The standard InChI is InChI=1S/C50H61N11O7S/c1-50(2,28-14-17-31-68-46-33-40(36-18-6-4-7-19-36)32-42(55-46)37-20-8-5-9-21-37)49-58-60-61(59-49)30-16-13-25-45(62)52-29-15-12-23-41(48(64)51-3)56-47(63)39-26-27-44(53-34-39)57-54-35-38-22-10-11-24-43(38)69(65,66)67/h4-11,18-22,24,26-27,32-35,41,65-67H,12-17,23,25,28-31H2,1-3H3,(H,51,64)(H,52,62)(H,53,57)(H,56,63)/b54-35-. The quantitative estimate of drug-likeness (QED) is 0.0154. The number of likely N-dealkylation sites (N-methyl/N-ethyl adjacent to an activating group) is 1. The lowest BCUT2D eigenvalue weighted by Gasteiger charge is -2.20. The lowest BCUT2D eigenvalue weighted by molar-refractivity contribution is -0.123. The number of tetrazole rings is 1. The van der Waals surface area contributed by atoms with E-state index < -0.39 is 22.8 Å². The van der Waals surface area contributed by atoms with E-state index in [9.17, 15) is 28.0 Å². The van der Waals surface area contributed by atoms with E-state index in [2.05, 4.69) is 91.1 Å². The number of anilines is 1. The van der Waals surface area contributed by atoms with Crippen LogP contribution in [0.4, 0.5) is 5.82 Å². The van der Waals surface area contributed by atoms with Gasteiger partial charge in [-0.3, -0.25) is 19.8 Å². The number of ether oxygens (including phenoxy) is 1. The van der Waals surface area contributed by atoms with E-state index in [0.717, 1.165) is 41.6 Å². The Bertz CT molecular complexity index is 2550. The summed E-state index contributed by atoms with van der Waals surface area (Å²) in [4.78, 5) is 48.7. The number of hydrogen-bond donors (Lipinski definition) is 7. The van der Waals surface area contributed by atoms with Crippen molar-refractivity contribution < 1.29 is 32.8 Å². The first kappa shape index (κ1) is 51.3. The maximum atomic E-state index is 13.0. The van der Waals surface area contributed by atoms with Crippen molar-refractivity contribution in [2.75, 3.05) is 25.6 Å². The Morgan fingerprint density at radius 3 is 2.30 bits per heavy atom. The SMILES string of the molecule is CNC(=O)C(CCCCNC(=O)CCCCn1nnc(C(C)(C)CCCCOc2cc(-c3ccccc3)cc(-c3ccccc3)n2)n1)NC(=O)c1ccc(N/N=C\c2ccccc2S(O)(O)O)nc1. The van der Waals surface area contributed by atoms with E-state index in [1.165, 1.54) is 37.7 Å². The van der Waals surface area contributed by atoms with E-state index in [4.69, 9.17) is 9.72 Å². The zero-order valence-electron chi connectivity index (χ0n) is 39.1. The number of pyridine rings is 2. The summed E-state index contributed by atoms with van der Waals surface area (Å²) in [5, 5.41) is 25.6. The monoisotopic (exact) mass is 959 g/mol. The number of amides is 3. The van der Waals surface area contributed by atoms with Gasteiger partial charge in [0.05, 0.1) is 35.5 Å². The predicted octanol–water partition coefficient (Wildman–Crippen LogP) is 8.35. The smallest absolute Gasteiger partial charge is 0.253 e. The number of hydrogen-bond acceptors (Lipinski definition) is 14. The molecule has 1 unspecified atom stereocenters. The van der Waals surface area contributed by atoms with Crippen molar-refractivity contribution in [2.24, 2.45) is 5.10 Å². The maximum absolute atomic E-state index is 13.0. The second-order valence-corrected chi connectivity index (χ2v) is 18.5. The van der Waals surface area contributed by atoms with Crippen molar-refractivity contribution >= 4 is 40.6 Å². The van der Waals surface area contributed by atoms with Crippen LogP contribution in [0.5, 0.6) is 5.88 Å². The van der Waals surface area contributed by atoms with Gasteiger partial charge in [-0.2, -0.15) is 9.90 Å². The maximum Gasteiger partial charge on any atom is 0.253 e. The van der Waals surface area contributed by atoms with E-state index in [1.807, 2.05) is 42.5 Å². The van der Waals surface area contributed by atoms with Gasteiger partial charge in [0.25, 0.3) is 5.91 Å². The highest BCUT2D eigenvalue weighted by Crippen LogP contribution is 2.44. The Morgan fingerprint density at radius 2 is 1.58 bits per heavy atom. The topological polar surface area (TPSA) is 251 Å². The summed E-state index contributed by atoms with van der Waals surface area (Å²) in [5.41, 5.74) is 6.97. The molecule has 0 spiro atoms. The van der Waals surface area contributed by atoms with Crippen molar-refractivity contribution in [2.45, 2.75) is 94.5 Å². The van der Waals surface area contributed by atoms with Crippen LogP contribution in [-0.2, 0) is 21.5 Å². The molecule has 0 aliphatic heterocycles. The normalized spacial score (nSPS) is 12.3. The van der Waals surface area contributed by atoms with Crippen molar-refractivity contribution in [1.82, 2.24) is 46.1 Å². The Labute approximate surface area is 404 Å². The highest BCUT2D eigenvalue weighted by atomic mass is 32.3. The van der Waals surface area contributed by atoms with Gasteiger partial charge < -0.3 is 34.3 Å². The molecule has 364 valence electrons. The minimum atomic E-state index is -3.94. The lowest BCUT2D eigenvalue weighted by Crippen LogP contribution is -2.45. The molecule has 3 aromatic carbocycles. The molecule has 0 aliphatic rings. The molecule has 6 aromatic rings. The number of benzene rings is 3. The molecule has 6 rings (SSSR count). The Morgan fingerprint density at radius 1 is 0.841 bits per heavy atom. The second kappa shape index (κ2) is 25.3. The average molecular weight is 960 g/mol. The molecule has 0 radical (unpaired) electrons. The molecule has 7 N–H and O–H groups in total. The Kier molecular flexibility index (Phi) is 18.9. The van der Waals surface area contributed by atoms with Gasteiger partial charge in [-0.15, -0.1) is 10.2 Å². The average Bonchev–Trinajstić information content (AvgIpc) is 3.85. The number of aromatic nitrogens is 6. The number of carbonyl (C=O) groups excluding carboxylic acids is 3.